The van der Waals surface area contributed by atoms with Gasteiger partial charge in [-0.3, -0.25) is 4.79 Å². The van der Waals surface area contributed by atoms with E-state index in [-0.39, 0.29) is 5.91 Å². The molecule has 5 heteroatoms. The van der Waals surface area contributed by atoms with Crippen molar-refractivity contribution >= 4 is 5.91 Å². The van der Waals surface area contributed by atoms with Crippen molar-refractivity contribution < 1.29 is 14.6 Å². The second kappa shape index (κ2) is 8.12. The van der Waals surface area contributed by atoms with Gasteiger partial charge < -0.3 is 20.1 Å². The van der Waals surface area contributed by atoms with E-state index in [4.69, 9.17) is 4.74 Å². The van der Waals surface area contributed by atoms with Gasteiger partial charge in [-0.15, -0.1) is 0 Å². The normalized spacial score (nSPS) is 19.4. The summed E-state index contributed by atoms with van der Waals surface area (Å²) in [6.45, 7) is 2.58. The number of methoxy groups -OCH3 is 1. The minimum atomic E-state index is -1.11. The van der Waals surface area contributed by atoms with E-state index in [2.05, 4.69) is 5.32 Å². The summed E-state index contributed by atoms with van der Waals surface area (Å²) >= 11 is 0. The van der Waals surface area contributed by atoms with Gasteiger partial charge in [-0.1, -0.05) is 30.3 Å². The number of aliphatic hydroxyl groups is 1. The zero-order valence-corrected chi connectivity index (χ0v) is 12.5. The van der Waals surface area contributed by atoms with Gasteiger partial charge in [0.1, 0.15) is 0 Å². The third-order valence-electron chi connectivity index (χ3n) is 3.83. The number of hydrogen-bond donors (Lipinski definition) is 2. The quantitative estimate of drug-likeness (QED) is 0.785. The Morgan fingerprint density at radius 3 is 2.86 bits per heavy atom. The molecule has 2 rings (SSSR count). The van der Waals surface area contributed by atoms with Crippen LogP contribution < -0.4 is 5.32 Å². The number of nitrogens with zero attached hydrogens (tertiary/aromatic N) is 1. The molecule has 2 atom stereocenters. The maximum Gasteiger partial charge on any atom is 0.256 e. The number of ether oxygens (including phenoxy) is 1. The van der Waals surface area contributed by atoms with E-state index < -0.39 is 6.10 Å². The first-order chi connectivity index (χ1) is 10.2. The molecule has 1 aromatic carbocycles. The smallest absolute Gasteiger partial charge is 0.256 e. The predicted octanol–water partition coefficient (Wildman–Crippen LogP) is 0.947. The molecular formula is C16H24N2O3. The highest BCUT2D eigenvalue weighted by atomic mass is 16.5. The summed E-state index contributed by atoms with van der Waals surface area (Å²) in [6, 6.07) is 9.36. The Hall–Kier alpha value is -1.43. The van der Waals surface area contributed by atoms with E-state index in [9.17, 15) is 9.90 Å². The molecule has 5 nitrogen and oxygen atoms in total. The molecule has 1 aromatic rings. The first-order valence-corrected chi connectivity index (χ1v) is 7.46. The number of carbonyl (C=O) groups is 1. The van der Waals surface area contributed by atoms with E-state index in [0.29, 0.717) is 31.3 Å². The largest absolute Gasteiger partial charge is 0.383 e. The van der Waals surface area contributed by atoms with Gasteiger partial charge in [0.2, 0.25) is 0 Å². The number of benzene rings is 1. The molecule has 1 amide bonds. The predicted molar refractivity (Wildman–Crippen MR) is 80.9 cm³/mol. The van der Waals surface area contributed by atoms with Gasteiger partial charge in [-0.05, 0) is 24.9 Å². The summed E-state index contributed by atoms with van der Waals surface area (Å²) in [4.78, 5) is 14.2. The molecule has 0 aromatic heterocycles. The summed E-state index contributed by atoms with van der Waals surface area (Å²) in [5.74, 6) is -0.257. The number of aliphatic hydroxyl groups excluding tert-OH is 1. The van der Waals surface area contributed by atoms with Crippen LogP contribution in [0.4, 0.5) is 0 Å². The number of nitrogens with one attached hydrogen (secondary N) is 1. The van der Waals surface area contributed by atoms with Gasteiger partial charge in [0, 0.05) is 26.2 Å². The van der Waals surface area contributed by atoms with Crippen LogP contribution in [-0.4, -0.2) is 55.3 Å². The highest BCUT2D eigenvalue weighted by Crippen LogP contribution is 2.16. The van der Waals surface area contributed by atoms with Crippen molar-refractivity contribution in [2.75, 3.05) is 33.4 Å². The maximum absolute atomic E-state index is 12.5. The minimum absolute atomic E-state index is 0.257. The van der Waals surface area contributed by atoms with Crippen LogP contribution in [0, 0.1) is 0 Å². The second-order valence-corrected chi connectivity index (χ2v) is 5.38. The first-order valence-electron chi connectivity index (χ1n) is 7.46. The second-order valence-electron chi connectivity index (χ2n) is 5.38. The third kappa shape index (κ3) is 4.52. The Bertz CT molecular complexity index is 432. The molecule has 0 radical (unpaired) electrons. The van der Waals surface area contributed by atoms with E-state index in [0.717, 1.165) is 19.4 Å². The summed E-state index contributed by atoms with van der Waals surface area (Å²) in [7, 11) is 1.62. The lowest BCUT2D eigenvalue weighted by Crippen LogP contribution is -2.44. The van der Waals surface area contributed by atoms with Crippen molar-refractivity contribution in [1.82, 2.24) is 10.2 Å². The maximum atomic E-state index is 12.5. The van der Waals surface area contributed by atoms with Crippen LogP contribution in [0.3, 0.4) is 0 Å². The van der Waals surface area contributed by atoms with Crippen LogP contribution in [0.1, 0.15) is 24.5 Å². The molecule has 2 unspecified atom stereocenters. The zero-order valence-electron chi connectivity index (χ0n) is 12.5. The van der Waals surface area contributed by atoms with Crippen LogP contribution in [0.5, 0.6) is 0 Å². The number of hydrogen-bond acceptors (Lipinski definition) is 4. The number of amides is 1. The van der Waals surface area contributed by atoms with Crippen molar-refractivity contribution in [1.29, 1.82) is 0 Å². The highest BCUT2D eigenvalue weighted by molar-refractivity contribution is 5.82. The van der Waals surface area contributed by atoms with Crippen molar-refractivity contribution in [2.24, 2.45) is 0 Å². The molecule has 1 saturated heterocycles. The summed E-state index contributed by atoms with van der Waals surface area (Å²) in [6.07, 6.45) is 1.10. The van der Waals surface area contributed by atoms with Crippen molar-refractivity contribution in [3.63, 3.8) is 0 Å². The van der Waals surface area contributed by atoms with Gasteiger partial charge >= 0.3 is 0 Å². The third-order valence-corrected chi connectivity index (χ3v) is 3.83. The molecule has 116 valence electrons. The van der Waals surface area contributed by atoms with Crippen LogP contribution in [0.15, 0.2) is 30.3 Å². The molecule has 0 bridgehead atoms. The molecule has 2 N–H and O–H groups in total. The molecule has 1 aliphatic heterocycles. The Morgan fingerprint density at radius 2 is 2.24 bits per heavy atom. The Balaban J connectivity index is 2.01. The lowest BCUT2D eigenvalue weighted by Gasteiger charge is -2.27. The molecule has 0 aliphatic carbocycles. The fourth-order valence-electron chi connectivity index (χ4n) is 2.62. The fourth-order valence-corrected chi connectivity index (χ4v) is 2.62. The van der Waals surface area contributed by atoms with Crippen molar-refractivity contribution in [3.05, 3.63) is 35.9 Å². The summed E-state index contributed by atoms with van der Waals surface area (Å²) in [5, 5.41) is 13.7. The lowest BCUT2D eigenvalue weighted by molar-refractivity contribution is -0.141. The summed E-state index contributed by atoms with van der Waals surface area (Å²) < 4.78 is 5.08. The number of rotatable bonds is 7. The standard InChI is InChI=1S/C16H24N2O3/c1-21-11-10-18(12-14-8-5-9-17-14)16(20)15(19)13-6-3-2-4-7-13/h2-4,6-7,14-15,17,19H,5,8-12H2,1H3. The van der Waals surface area contributed by atoms with E-state index in [1.54, 1.807) is 24.1 Å². The van der Waals surface area contributed by atoms with Crippen molar-refractivity contribution in [2.45, 2.75) is 25.0 Å². The van der Waals surface area contributed by atoms with E-state index in [1.807, 2.05) is 18.2 Å². The average Bonchev–Trinajstić information content (AvgIpc) is 3.04. The Labute approximate surface area is 125 Å². The van der Waals surface area contributed by atoms with Gasteiger partial charge in [0.25, 0.3) is 5.91 Å². The van der Waals surface area contributed by atoms with Crippen molar-refractivity contribution in [3.8, 4) is 0 Å². The lowest BCUT2D eigenvalue weighted by atomic mass is 10.1. The molecule has 21 heavy (non-hydrogen) atoms. The van der Waals surface area contributed by atoms with Gasteiger partial charge in [-0.25, -0.2) is 0 Å². The first kappa shape index (κ1) is 15.9. The van der Waals surface area contributed by atoms with E-state index in [1.165, 1.54) is 0 Å². The molecule has 0 saturated carbocycles. The van der Waals surface area contributed by atoms with Gasteiger partial charge in [-0.2, -0.15) is 0 Å². The highest BCUT2D eigenvalue weighted by Gasteiger charge is 2.26. The van der Waals surface area contributed by atoms with Crippen LogP contribution in [0.25, 0.3) is 0 Å². The van der Waals surface area contributed by atoms with Gasteiger partial charge in [0.05, 0.1) is 6.61 Å². The molecule has 1 heterocycles. The number of carbonyl (C=O) groups excluding carboxylic acids is 1. The molecular weight excluding hydrogens is 268 g/mol. The Kier molecular flexibility index (Phi) is 6.17. The average molecular weight is 292 g/mol. The summed E-state index contributed by atoms with van der Waals surface area (Å²) in [5.41, 5.74) is 0.629. The monoisotopic (exact) mass is 292 g/mol. The molecule has 0 spiro atoms. The van der Waals surface area contributed by atoms with Crippen LogP contribution in [-0.2, 0) is 9.53 Å². The topological polar surface area (TPSA) is 61.8 Å². The zero-order chi connectivity index (χ0) is 15.1. The molecule has 1 aliphatic rings. The van der Waals surface area contributed by atoms with Gasteiger partial charge in [0.15, 0.2) is 6.10 Å². The molecule has 1 fully saturated rings. The van der Waals surface area contributed by atoms with Crippen LogP contribution >= 0.6 is 0 Å². The fraction of sp³-hybridized carbons (Fsp3) is 0.562. The SMILES string of the molecule is COCCN(CC1CCCN1)C(=O)C(O)c1ccccc1. The van der Waals surface area contributed by atoms with Crippen LogP contribution in [0.2, 0.25) is 0 Å². The minimum Gasteiger partial charge on any atom is -0.383 e. The van der Waals surface area contributed by atoms with E-state index >= 15 is 0 Å². The Morgan fingerprint density at radius 1 is 1.48 bits per heavy atom.